The lowest BCUT2D eigenvalue weighted by Gasteiger charge is -2.35. The smallest absolute Gasteiger partial charge is 0.192 e. The van der Waals surface area contributed by atoms with Crippen LogP contribution in [0.4, 0.5) is 0 Å². The fraction of sp³-hybridized carbons (Fsp3) is 0.184. The standard InChI is InChI=1S/C38H35NOP/c1-6-17-29(18-7-1)36-37(30-19-8-2-9-20-30)40-38(39-36)34-27-16-28-35(34)41(31-21-10-3-11-22-31,32-23-12-4-13-24-32)33-25-14-5-15-26-33/h1-15,17-26,34-37H,16,27-28H2/q+1/t34?,35?,36?,37-/m0/s1. The second-order valence-corrected chi connectivity index (χ2v) is 14.8. The van der Waals surface area contributed by atoms with Crippen LogP contribution in [0.15, 0.2) is 157 Å². The van der Waals surface area contributed by atoms with E-state index in [0.29, 0.717) is 5.66 Å². The molecule has 0 radical (unpaired) electrons. The van der Waals surface area contributed by atoms with Gasteiger partial charge in [-0.15, -0.1) is 0 Å². The van der Waals surface area contributed by atoms with Gasteiger partial charge in [-0.1, -0.05) is 115 Å². The number of nitrogens with zero attached hydrogens (tertiary/aromatic N) is 1. The van der Waals surface area contributed by atoms with Crippen LogP contribution in [0.1, 0.15) is 42.5 Å². The molecule has 2 aliphatic rings. The van der Waals surface area contributed by atoms with Crippen molar-refractivity contribution >= 4 is 29.1 Å². The van der Waals surface area contributed by atoms with Gasteiger partial charge in [-0.2, -0.15) is 0 Å². The van der Waals surface area contributed by atoms with E-state index >= 15 is 0 Å². The molecule has 7 rings (SSSR count). The molecule has 1 aliphatic heterocycles. The molecule has 0 amide bonds. The Kier molecular flexibility index (Phi) is 7.26. The summed E-state index contributed by atoms with van der Waals surface area (Å²) in [5.41, 5.74) is 2.80. The lowest BCUT2D eigenvalue weighted by Crippen LogP contribution is -2.42. The molecule has 2 nitrogen and oxygen atoms in total. The molecular weight excluding hydrogens is 517 g/mol. The summed E-state index contributed by atoms with van der Waals surface area (Å²) in [6, 6.07) is 55.1. The zero-order chi connectivity index (χ0) is 27.5. The van der Waals surface area contributed by atoms with Crippen molar-refractivity contribution in [2.24, 2.45) is 10.9 Å². The van der Waals surface area contributed by atoms with E-state index in [1.54, 1.807) is 0 Å². The highest BCUT2D eigenvalue weighted by Crippen LogP contribution is 2.66. The summed E-state index contributed by atoms with van der Waals surface area (Å²) in [6.45, 7) is 0. The molecule has 0 bridgehead atoms. The first-order valence-electron chi connectivity index (χ1n) is 14.8. The highest BCUT2D eigenvalue weighted by Gasteiger charge is 2.58. The molecular formula is C38H35NOP+. The third-order valence-electron chi connectivity index (χ3n) is 8.85. The summed E-state index contributed by atoms with van der Waals surface area (Å²) in [5, 5.41) is 4.31. The summed E-state index contributed by atoms with van der Waals surface area (Å²) >= 11 is 0. The fourth-order valence-corrected chi connectivity index (χ4v) is 12.5. The molecule has 4 atom stereocenters. The Hall–Kier alpha value is -4.00. The normalized spacial score (nSPS) is 22.2. The van der Waals surface area contributed by atoms with Gasteiger partial charge < -0.3 is 4.74 Å². The predicted molar refractivity (Wildman–Crippen MR) is 173 cm³/mol. The minimum atomic E-state index is -2.05. The maximum atomic E-state index is 7.00. The number of hydrogen-bond donors (Lipinski definition) is 0. The van der Waals surface area contributed by atoms with Crippen molar-refractivity contribution in [2.75, 3.05) is 0 Å². The minimum absolute atomic E-state index is 0.0484. The fourth-order valence-electron chi connectivity index (χ4n) is 7.11. The molecule has 0 N–H and O–H groups in total. The number of hydrogen-bond acceptors (Lipinski definition) is 2. The van der Waals surface area contributed by atoms with Gasteiger partial charge in [0.1, 0.15) is 29.2 Å². The summed E-state index contributed by atoms with van der Waals surface area (Å²) in [6.07, 6.45) is 3.32. The Balaban J connectivity index is 1.39. The summed E-state index contributed by atoms with van der Waals surface area (Å²) in [7, 11) is -2.05. The third kappa shape index (κ3) is 4.71. The van der Waals surface area contributed by atoms with Crippen molar-refractivity contribution in [1.29, 1.82) is 0 Å². The van der Waals surface area contributed by atoms with Gasteiger partial charge in [-0.25, -0.2) is 4.99 Å². The van der Waals surface area contributed by atoms with Gasteiger partial charge in [0.15, 0.2) is 12.0 Å². The van der Waals surface area contributed by atoms with Crippen LogP contribution in [0.25, 0.3) is 0 Å². The first kappa shape index (κ1) is 25.9. The molecule has 0 spiro atoms. The van der Waals surface area contributed by atoms with Crippen molar-refractivity contribution in [3.05, 3.63) is 163 Å². The van der Waals surface area contributed by atoms with Crippen molar-refractivity contribution in [3.8, 4) is 0 Å². The summed E-state index contributed by atoms with van der Waals surface area (Å²) in [5.74, 6) is 1.20. The van der Waals surface area contributed by atoms with Crippen LogP contribution >= 0.6 is 7.26 Å². The van der Waals surface area contributed by atoms with Crippen LogP contribution < -0.4 is 15.9 Å². The number of benzene rings is 5. The second kappa shape index (κ2) is 11.5. The van der Waals surface area contributed by atoms with E-state index in [1.165, 1.54) is 33.5 Å². The van der Waals surface area contributed by atoms with Gasteiger partial charge in [-0.05, 0) is 66.8 Å². The molecule has 202 valence electrons. The minimum Gasteiger partial charge on any atom is -0.470 e. The Morgan fingerprint density at radius 3 is 1.44 bits per heavy atom. The van der Waals surface area contributed by atoms with E-state index in [9.17, 15) is 0 Å². The van der Waals surface area contributed by atoms with Crippen molar-refractivity contribution in [1.82, 2.24) is 0 Å². The van der Waals surface area contributed by atoms with E-state index in [1.807, 2.05) is 0 Å². The van der Waals surface area contributed by atoms with Crippen LogP contribution in [0, 0.1) is 5.92 Å². The van der Waals surface area contributed by atoms with Crippen molar-refractivity contribution in [2.45, 2.75) is 37.1 Å². The highest BCUT2D eigenvalue weighted by atomic mass is 31.2. The Bertz CT molecular complexity index is 1490. The molecule has 5 aromatic rings. The van der Waals surface area contributed by atoms with E-state index in [4.69, 9.17) is 9.73 Å². The predicted octanol–water partition coefficient (Wildman–Crippen LogP) is 8.06. The maximum absolute atomic E-state index is 7.00. The number of rotatable bonds is 7. The van der Waals surface area contributed by atoms with Gasteiger partial charge in [-0.3, -0.25) is 0 Å². The van der Waals surface area contributed by atoms with Gasteiger partial charge in [0.25, 0.3) is 0 Å². The Morgan fingerprint density at radius 1 is 0.512 bits per heavy atom. The molecule has 1 heterocycles. The second-order valence-electron chi connectivity index (χ2n) is 11.1. The summed E-state index contributed by atoms with van der Waals surface area (Å²) in [4.78, 5) is 5.46. The van der Waals surface area contributed by atoms with Crippen LogP contribution in [0.3, 0.4) is 0 Å². The van der Waals surface area contributed by atoms with Crippen LogP contribution in [-0.2, 0) is 4.74 Å². The zero-order valence-electron chi connectivity index (χ0n) is 23.2. The SMILES string of the molecule is c1ccc(C2N=C(C3CCCC3[P+](c3ccccc3)(c3ccccc3)c3ccccc3)O[C@H]2c2ccccc2)cc1. The molecule has 1 saturated carbocycles. The van der Waals surface area contributed by atoms with Gasteiger partial charge in [0.2, 0.25) is 0 Å². The van der Waals surface area contributed by atoms with E-state index in [0.717, 1.165) is 18.7 Å². The molecule has 3 heteroatoms. The molecule has 0 aromatic heterocycles. The average Bonchev–Trinajstić information content (AvgIpc) is 3.73. The number of ether oxygens (including phenoxy) is 1. The molecule has 0 saturated heterocycles. The summed E-state index contributed by atoms with van der Waals surface area (Å²) < 4.78 is 7.00. The van der Waals surface area contributed by atoms with Gasteiger partial charge in [0, 0.05) is 0 Å². The molecule has 5 aromatic carbocycles. The van der Waals surface area contributed by atoms with Crippen LogP contribution in [0.2, 0.25) is 0 Å². The molecule has 1 fully saturated rings. The average molecular weight is 553 g/mol. The lowest BCUT2D eigenvalue weighted by atomic mass is 9.97. The van der Waals surface area contributed by atoms with Gasteiger partial charge in [0.05, 0.1) is 11.6 Å². The monoisotopic (exact) mass is 552 g/mol. The Morgan fingerprint density at radius 2 is 0.951 bits per heavy atom. The molecule has 1 aliphatic carbocycles. The Labute approximate surface area is 244 Å². The van der Waals surface area contributed by atoms with Gasteiger partial charge >= 0.3 is 0 Å². The third-order valence-corrected chi connectivity index (χ3v) is 13.8. The zero-order valence-corrected chi connectivity index (χ0v) is 24.1. The first-order chi connectivity index (χ1) is 20.4. The largest absolute Gasteiger partial charge is 0.470 e. The first-order valence-corrected chi connectivity index (χ1v) is 16.6. The van der Waals surface area contributed by atoms with Crippen LogP contribution in [0.5, 0.6) is 0 Å². The molecule has 41 heavy (non-hydrogen) atoms. The highest BCUT2D eigenvalue weighted by molar-refractivity contribution is 7.96. The van der Waals surface area contributed by atoms with E-state index < -0.39 is 7.26 Å². The maximum Gasteiger partial charge on any atom is 0.192 e. The number of aliphatic imine (C=N–C) groups is 1. The van der Waals surface area contributed by atoms with Crippen LogP contribution in [-0.4, -0.2) is 11.6 Å². The lowest BCUT2D eigenvalue weighted by molar-refractivity contribution is 0.185. The van der Waals surface area contributed by atoms with E-state index in [2.05, 4.69) is 152 Å². The topological polar surface area (TPSA) is 21.6 Å². The quantitative estimate of drug-likeness (QED) is 0.187. The van der Waals surface area contributed by atoms with Crippen molar-refractivity contribution < 1.29 is 4.74 Å². The van der Waals surface area contributed by atoms with E-state index in [-0.39, 0.29) is 18.1 Å². The van der Waals surface area contributed by atoms with Crippen molar-refractivity contribution in [3.63, 3.8) is 0 Å². The molecule has 3 unspecified atom stereocenters.